The highest BCUT2D eigenvalue weighted by Crippen LogP contribution is 2.35. The Hall–Kier alpha value is -1.22. The van der Waals surface area contributed by atoms with Crippen LogP contribution in [0.1, 0.15) is 25.0 Å². The van der Waals surface area contributed by atoms with Crippen LogP contribution < -0.4 is 15.2 Å². The van der Waals surface area contributed by atoms with Crippen molar-refractivity contribution >= 4 is 0 Å². The Bertz CT molecular complexity index is 361. The molecule has 1 aromatic carbocycles. The summed E-state index contributed by atoms with van der Waals surface area (Å²) in [6.45, 7) is 6.95. The monoisotopic (exact) mass is 237 g/mol. The van der Waals surface area contributed by atoms with E-state index in [0.717, 1.165) is 29.0 Å². The summed E-state index contributed by atoms with van der Waals surface area (Å²) in [6, 6.07) is 4.06. The van der Waals surface area contributed by atoms with E-state index in [-0.39, 0.29) is 5.41 Å². The minimum absolute atomic E-state index is 0.0375. The van der Waals surface area contributed by atoms with Crippen LogP contribution in [0, 0.1) is 12.3 Å². The molecule has 3 nitrogen and oxygen atoms in total. The lowest BCUT2D eigenvalue weighted by Crippen LogP contribution is -2.26. The van der Waals surface area contributed by atoms with E-state index in [9.17, 15) is 0 Å². The van der Waals surface area contributed by atoms with E-state index < -0.39 is 0 Å². The standard InChI is InChI=1S/C14H23NO2/c1-10-6-12(16-4)11(13(7-10)17-5)8-14(2,3)9-15/h6-7H,8-9,15H2,1-5H3. The zero-order chi connectivity index (χ0) is 13.1. The summed E-state index contributed by atoms with van der Waals surface area (Å²) in [5, 5.41) is 0. The molecule has 0 amide bonds. The molecule has 1 rings (SSSR count). The Kier molecular flexibility index (Phi) is 4.40. The van der Waals surface area contributed by atoms with Gasteiger partial charge in [0.1, 0.15) is 11.5 Å². The van der Waals surface area contributed by atoms with Gasteiger partial charge in [0, 0.05) is 5.56 Å². The van der Waals surface area contributed by atoms with E-state index >= 15 is 0 Å². The fourth-order valence-electron chi connectivity index (χ4n) is 1.84. The van der Waals surface area contributed by atoms with Crippen LogP contribution in [0.4, 0.5) is 0 Å². The molecule has 0 bridgehead atoms. The van der Waals surface area contributed by atoms with Gasteiger partial charge in [-0.1, -0.05) is 13.8 Å². The van der Waals surface area contributed by atoms with E-state index in [2.05, 4.69) is 13.8 Å². The molecule has 0 spiro atoms. The zero-order valence-corrected chi connectivity index (χ0v) is 11.5. The van der Waals surface area contributed by atoms with Crippen molar-refractivity contribution in [3.63, 3.8) is 0 Å². The van der Waals surface area contributed by atoms with Crippen LogP contribution >= 0.6 is 0 Å². The summed E-state index contributed by atoms with van der Waals surface area (Å²) in [7, 11) is 3.38. The Balaban J connectivity index is 3.20. The Morgan fingerprint density at radius 1 is 1.12 bits per heavy atom. The summed E-state index contributed by atoms with van der Waals surface area (Å²) in [4.78, 5) is 0. The summed E-state index contributed by atoms with van der Waals surface area (Å²) in [5.41, 5.74) is 8.05. The smallest absolute Gasteiger partial charge is 0.126 e. The second-order valence-electron chi connectivity index (χ2n) is 5.19. The Morgan fingerprint density at radius 3 is 1.94 bits per heavy atom. The normalized spacial score (nSPS) is 11.4. The fraction of sp³-hybridized carbons (Fsp3) is 0.571. The van der Waals surface area contributed by atoms with Crippen molar-refractivity contribution in [3.05, 3.63) is 23.3 Å². The van der Waals surface area contributed by atoms with Gasteiger partial charge in [-0.2, -0.15) is 0 Å². The van der Waals surface area contributed by atoms with Gasteiger partial charge in [-0.05, 0) is 43.0 Å². The average molecular weight is 237 g/mol. The number of aryl methyl sites for hydroxylation is 1. The minimum atomic E-state index is 0.0375. The molecular weight excluding hydrogens is 214 g/mol. The summed E-state index contributed by atoms with van der Waals surface area (Å²) < 4.78 is 10.9. The molecule has 0 aliphatic heterocycles. The lowest BCUT2D eigenvalue weighted by atomic mass is 9.85. The zero-order valence-electron chi connectivity index (χ0n) is 11.5. The Morgan fingerprint density at radius 2 is 1.59 bits per heavy atom. The van der Waals surface area contributed by atoms with Crippen LogP contribution in [-0.2, 0) is 6.42 Å². The van der Waals surface area contributed by atoms with Gasteiger partial charge < -0.3 is 15.2 Å². The van der Waals surface area contributed by atoms with Crippen molar-refractivity contribution in [2.45, 2.75) is 27.2 Å². The highest BCUT2D eigenvalue weighted by atomic mass is 16.5. The third-order valence-electron chi connectivity index (χ3n) is 2.96. The van der Waals surface area contributed by atoms with Crippen LogP contribution in [-0.4, -0.2) is 20.8 Å². The number of benzene rings is 1. The molecule has 0 aromatic heterocycles. The van der Waals surface area contributed by atoms with Crippen molar-refractivity contribution in [3.8, 4) is 11.5 Å². The van der Waals surface area contributed by atoms with E-state index in [1.807, 2.05) is 19.1 Å². The van der Waals surface area contributed by atoms with E-state index in [1.165, 1.54) is 0 Å². The Labute approximate surface area is 104 Å². The molecule has 96 valence electrons. The largest absolute Gasteiger partial charge is 0.496 e. The summed E-state index contributed by atoms with van der Waals surface area (Å²) >= 11 is 0. The van der Waals surface area contributed by atoms with Gasteiger partial charge in [-0.15, -0.1) is 0 Å². The minimum Gasteiger partial charge on any atom is -0.496 e. The molecule has 17 heavy (non-hydrogen) atoms. The highest BCUT2D eigenvalue weighted by molar-refractivity contribution is 5.48. The SMILES string of the molecule is COc1cc(C)cc(OC)c1CC(C)(C)CN. The van der Waals surface area contributed by atoms with Crippen LogP contribution in [0.25, 0.3) is 0 Å². The van der Waals surface area contributed by atoms with E-state index in [1.54, 1.807) is 14.2 Å². The molecule has 0 radical (unpaired) electrons. The van der Waals surface area contributed by atoms with E-state index in [0.29, 0.717) is 6.54 Å². The molecule has 0 unspecified atom stereocenters. The number of methoxy groups -OCH3 is 2. The van der Waals surface area contributed by atoms with Gasteiger partial charge >= 0.3 is 0 Å². The third-order valence-corrected chi connectivity index (χ3v) is 2.96. The van der Waals surface area contributed by atoms with Gasteiger partial charge in [0.25, 0.3) is 0 Å². The van der Waals surface area contributed by atoms with Gasteiger partial charge in [-0.25, -0.2) is 0 Å². The van der Waals surface area contributed by atoms with Crippen molar-refractivity contribution in [2.24, 2.45) is 11.1 Å². The second-order valence-corrected chi connectivity index (χ2v) is 5.19. The summed E-state index contributed by atoms with van der Waals surface area (Å²) in [5.74, 6) is 1.76. The first-order chi connectivity index (χ1) is 7.93. The van der Waals surface area contributed by atoms with Gasteiger partial charge in [0.05, 0.1) is 14.2 Å². The maximum atomic E-state index is 5.79. The molecule has 0 atom stereocenters. The maximum Gasteiger partial charge on any atom is 0.126 e. The predicted octanol–water partition coefficient (Wildman–Crippen LogP) is 2.54. The molecule has 0 heterocycles. The molecule has 0 fully saturated rings. The first-order valence-electron chi connectivity index (χ1n) is 5.85. The first-order valence-corrected chi connectivity index (χ1v) is 5.85. The van der Waals surface area contributed by atoms with Crippen LogP contribution in [0.2, 0.25) is 0 Å². The molecule has 1 aromatic rings. The lowest BCUT2D eigenvalue weighted by molar-refractivity contribution is 0.341. The van der Waals surface area contributed by atoms with E-state index in [4.69, 9.17) is 15.2 Å². The molecule has 0 aliphatic carbocycles. The molecular formula is C14H23NO2. The second kappa shape index (κ2) is 5.41. The van der Waals surface area contributed by atoms with Gasteiger partial charge in [0.15, 0.2) is 0 Å². The van der Waals surface area contributed by atoms with Gasteiger partial charge in [0.2, 0.25) is 0 Å². The van der Waals surface area contributed by atoms with Crippen LogP contribution in [0.5, 0.6) is 11.5 Å². The lowest BCUT2D eigenvalue weighted by Gasteiger charge is -2.25. The number of nitrogens with two attached hydrogens (primary N) is 1. The maximum absolute atomic E-state index is 5.79. The molecule has 2 N–H and O–H groups in total. The molecule has 3 heteroatoms. The van der Waals surface area contributed by atoms with Gasteiger partial charge in [-0.3, -0.25) is 0 Å². The topological polar surface area (TPSA) is 44.5 Å². The van der Waals surface area contributed by atoms with Crippen LogP contribution in [0.3, 0.4) is 0 Å². The summed E-state index contributed by atoms with van der Waals surface area (Å²) in [6.07, 6.45) is 0.843. The van der Waals surface area contributed by atoms with Crippen molar-refractivity contribution in [1.29, 1.82) is 0 Å². The van der Waals surface area contributed by atoms with Crippen molar-refractivity contribution in [1.82, 2.24) is 0 Å². The number of ether oxygens (including phenoxy) is 2. The number of rotatable bonds is 5. The molecule has 0 aliphatic rings. The van der Waals surface area contributed by atoms with Crippen molar-refractivity contribution in [2.75, 3.05) is 20.8 Å². The molecule has 0 saturated carbocycles. The quantitative estimate of drug-likeness (QED) is 0.856. The van der Waals surface area contributed by atoms with Crippen molar-refractivity contribution < 1.29 is 9.47 Å². The van der Waals surface area contributed by atoms with Crippen LogP contribution in [0.15, 0.2) is 12.1 Å². The number of hydrogen-bond donors (Lipinski definition) is 1. The predicted molar refractivity (Wildman–Crippen MR) is 70.8 cm³/mol. The highest BCUT2D eigenvalue weighted by Gasteiger charge is 2.22. The third kappa shape index (κ3) is 3.37. The first kappa shape index (κ1) is 13.8. The fourth-order valence-corrected chi connectivity index (χ4v) is 1.84. The number of hydrogen-bond acceptors (Lipinski definition) is 3. The molecule has 0 saturated heterocycles. The average Bonchev–Trinajstić information content (AvgIpc) is 2.30.